The van der Waals surface area contributed by atoms with E-state index >= 15 is 0 Å². The highest BCUT2D eigenvalue weighted by Crippen LogP contribution is 2.30. The number of nitrogens with one attached hydrogen (secondary N) is 1. The van der Waals surface area contributed by atoms with Crippen molar-refractivity contribution < 1.29 is 14.3 Å². The van der Waals surface area contributed by atoms with Gasteiger partial charge in [0, 0.05) is 73.9 Å². The molecule has 0 aliphatic carbocycles. The van der Waals surface area contributed by atoms with E-state index in [1.165, 1.54) is 18.3 Å². The number of aromatic nitrogens is 2. The van der Waals surface area contributed by atoms with Crippen molar-refractivity contribution >= 4 is 34.4 Å². The SMILES string of the molecule is CCn1cc(C(=O)N/N=C/c2ccc(F)cc2)c2cc(-c3nc(CN4CCN(CCO)CC4)cs3)ccc21. The molecule has 0 atom stereocenters. The average molecular weight is 535 g/mol. The number of benzene rings is 2. The zero-order chi connectivity index (χ0) is 26.5. The molecule has 0 spiro atoms. The van der Waals surface area contributed by atoms with E-state index in [1.54, 1.807) is 23.5 Å². The third kappa shape index (κ3) is 5.99. The fourth-order valence-electron chi connectivity index (χ4n) is 4.70. The monoisotopic (exact) mass is 534 g/mol. The Bertz CT molecular complexity index is 1420. The van der Waals surface area contributed by atoms with Crippen molar-refractivity contribution in [1.29, 1.82) is 0 Å². The second-order valence-electron chi connectivity index (χ2n) is 9.30. The molecule has 2 aromatic heterocycles. The van der Waals surface area contributed by atoms with E-state index in [0.717, 1.165) is 73.0 Å². The summed E-state index contributed by atoms with van der Waals surface area (Å²) < 4.78 is 15.2. The number of piperazine rings is 1. The summed E-state index contributed by atoms with van der Waals surface area (Å²) in [4.78, 5) is 22.6. The largest absolute Gasteiger partial charge is 0.395 e. The Labute approximate surface area is 225 Å². The first-order valence-electron chi connectivity index (χ1n) is 12.8. The van der Waals surface area contributed by atoms with Crippen molar-refractivity contribution in [3.63, 3.8) is 0 Å². The lowest BCUT2D eigenvalue weighted by atomic mass is 10.1. The lowest BCUT2D eigenvalue weighted by molar-refractivity contribution is 0.0956. The molecule has 38 heavy (non-hydrogen) atoms. The topological polar surface area (TPSA) is 86.0 Å². The molecule has 8 nitrogen and oxygen atoms in total. The molecule has 0 radical (unpaired) electrons. The minimum absolute atomic E-state index is 0.202. The predicted molar refractivity (Wildman–Crippen MR) is 149 cm³/mol. The molecule has 0 unspecified atom stereocenters. The van der Waals surface area contributed by atoms with E-state index < -0.39 is 0 Å². The highest BCUT2D eigenvalue weighted by atomic mass is 32.1. The van der Waals surface area contributed by atoms with Gasteiger partial charge in [0.1, 0.15) is 10.8 Å². The molecule has 2 aromatic carbocycles. The minimum Gasteiger partial charge on any atom is -0.395 e. The smallest absolute Gasteiger partial charge is 0.273 e. The van der Waals surface area contributed by atoms with Crippen molar-refractivity contribution in [2.75, 3.05) is 39.3 Å². The lowest BCUT2D eigenvalue weighted by Gasteiger charge is -2.33. The van der Waals surface area contributed by atoms with Crippen LogP contribution in [0.4, 0.5) is 4.39 Å². The van der Waals surface area contributed by atoms with Crippen LogP contribution in [0.3, 0.4) is 0 Å². The number of thiazole rings is 1. The maximum atomic E-state index is 13.1. The van der Waals surface area contributed by atoms with Crippen LogP contribution >= 0.6 is 11.3 Å². The first-order chi connectivity index (χ1) is 18.5. The third-order valence-corrected chi connectivity index (χ3v) is 7.72. The van der Waals surface area contributed by atoms with Crippen LogP contribution in [0.2, 0.25) is 0 Å². The summed E-state index contributed by atoms with van der Waals surface area (Å²) in [7, 11) is 0. The van der Waals surface area contributed by atoms with Gasteiger partial charge >= 0.3 is 0 Å². The van der Waals surface area contributed by atoms with Crippen LogP contribution in [0, 0.1) is 5.82 Å². The van der Waals surface area contributed by atoms with Crippen molar-refractivity contribution in [2.45, 2.75) is 20.0 Å². The van der Waals surface area contributed by atoms with Gasteiger partial charge in [0.2, 0.25) is 0 Å². The Morgan fingerprint density at radius 2 is 1.92 bits per heavy atom. The fourth-order valence-corrected chi connectivity index (χ4v) is 5.51. The van der Waals surface area contributed by atoms with Gasteiger partial charge in [-0.05, 0) is 42.8 Å². The van der Waals surface area contributed by atoms with Gasteiger partial charge in [-0.15, -0.1) is 11.3 Å². The van der Waals surface area contributed by atoms with E-state index in [2.05, 4.69) is 31.8 Å². The zero-order valence-corrected chi connectivity index (χ0v) is 22.1. The summed E-state index contributed by atoms with van der Waals surface area (Å²) in [6, 6.07) is 12.0. The summed E-state index contributed by atoms with van der Waals surface area (Å²) in [6.07, 6.45) is 3.34. The number of aryl methyl sites for hydroxylation is 1. The van der Waals surface area contributed by atoms with Gasteiger partial charge in [0.05, 0.1) is 24.1 Å². The molecule has 1 amide bonds. The number of β-amino-alcohol motifs (C(OH)–C–C–N with tert-alkyl or cyclic N) is 1. The number of hydrogen-bond donors (Lipinski definition) is 2. The number of nitrogens with zero attached hydrogens (tertiary/aromatic N) is 5. The maximum Gasteiger partial charge on any atom is 0.273 e. The summed E-state index contributed by atoms with van der Waals surface area (Å²) in [5.41, 5.74) is 6.82. The van der Waals surface area contributed by atoms with E-state index in [1.807, 2.05) is 29.8 Å². The quantitative estimate of drug-likeness (QED) is 0.252. The predicted octanol–water partition coefficient (Wildman–Crippen LogP) is 3.80. The van der Waals surface area contributed by atoms with Crippen molar-refractivity contribution in [3.05, 3.63) is 76.7 Å². The Morgan fingerprint density at radius 1 is 1.16 bits per heavy atom. The average Bonchev–Trinajstić information content (AvgIpc) is 3.55. The number of hydrazone groups is 1. The molecule has 5 rings (SSSR count). The van der Waals surface area contributed by atoms with Gasteiger partial charge in [-0.1, -0.05) is 12.1 Å². The molecule has 0 saturated carbocycles. The number of hydrogen-bond acceptors (Lipinski definition) is 7. The van der Waals surface area contributed by atoms with Gasteiger partial charge in [0.15, 0.2) is 0 Å². The van der Waals surface area contributed by atoms with Crippen LogP contribution in [0.1, 0.15) is 28.5 Å². The number of amides is 1. The van der Waals surface area contributed by atoms with Gasteiger partial charge in [-0.2, -0.15) is 5.10 Å². The summed E-state index contributed by atoms with van der Waals surface area (Å²) >= 11 is 1.61. The standard InChI is InChI=1S/C28H31FN6O2S/c1-2-35-18-25(27(37)32-30-16-20-3-6-22(29)7-4-20)24-15-21(5-8-26(24)35)28-31-23(19-38-28)17-34-11-9-33(10-12-34)13-14-36/h3-8,15-16,18-19,36H,2,9-14,17H2,1H3,(H,32,37)/b30-16+. The number of carbonyl (C=O) groups is 1. The maximum absolute atomic E-state index is 13.1. The first-order valence-corrected chi connectivity index (χ1v) is 13.6. The van der Waals surface area contributed by atoms with Crippen molar-refractivity contribution in [3.8, 4) is 10.6 Å². The van der Waals surface area contributed by atoms with Crippen LogP contribution in [-0.2, 0) is 13.1 Å². The molecule has 198 valence electrons. The number of fused-ring (bicyclic) bond motifs is 1. The van der Waals surface area contributed by atoms with Crippen LogP contribution in [0.25, 0.3) is 21.5 Å². The van der Waals surface area contributed by atoms with Crippen molar-refractivity contribution in [2.24, 2.45) is 5.10 Å². The van der Waals surface area contributed by atoms with Gasteiger partial charge in [0.25, 0.3) is 5.91 Å². The number of carbonyl (C=O) groups excluding carboxylic acids is 1. The fraction of sp³-hybridized carbons (Fsp3) is 0.321. The lowest BCUT2D eigenvalue weighted by Crippen LogP contribution is -2.46. The Balaban J connectivity index is 1.31. The normalized spacial score (nSPS) is 15.0. The Kier molecular flexibility index (Phi) is 8.23. The minimum atomic E-state index is -0.321. The number of halogens is 1. The molecular weight excluding hydrogens is 503 g/mol. The molecule has 0 bridgehead atoms. The van der Waals surface area contributed by atoms with Crippen molar-refractivity contribution in [1.82, 2.24) is 24.8 Å². The van der Waals surface area contributed by atoms with E-state index in [-0.39, 0.29) is 18.3 Å². The van der Waals surface area contributed by atoms with Crippen LogP contribution < -0.4 is 5.43 Å². The highest BCUT2D eigenvalue weighted by Gasteiger charge is 2.19. The van der Waals surface area contributed by atoms with E-state index in [9.17, 15) is 9.18 Å². The van der Waals surface area contributed by atoms with Crippen LogP contribution in [0.15, 0.2) is 59.1 Å². The number of rotatable bonds is 9. The molecule has 1 saturated heterocycles. The molecule has 2 N–H and O–H groups in total. The third-order valence-electron chi connectivity index (χ3n) is 6.78. The molecule has 1 aliphatic heterocycles. The van der Waals surface area contributed by atoms with E-state index in [0.29, 0.717) is 11.1 Å². The molecule has 3 heterocycles. The molecule has 1 aliphatic rings. The molecule has 10 heteroatoms. The van der Waals surface area contributed by atoms with Gasteiger partial charge in [-0.25, -0.2) is 14.8 Å². The molecular formula is C28H31FN6O2S. The van der Waals surface area contributed by atoms with Gasteiger partial charge in [-0.3, -0.25) is 14.6 Å². The summed E-state index contributed by atoms with van der Waals surface area (Å²) in [6.45, 7) is 8.36. The van der Waals surface area contributed by atoms with Crippen LogP contribution in [-0.4, -0.2) is 75.9 Å². The highest BCUT2D eigenvalue weighted by molar-refractivity contribution is 7.13. The van der Waals surface area contributed by atoms with Crippen LogP contribution in [0.5, 0.6) is 0 Å². The molecule has 4 aromatic rings. The molecule has 1 fully saturated rings. The van der Waals surface area contributed by atoms with Gasteiger partial charge < -0.3 is 9.67 Å². The summed E-state index contributed by atoms with van der Waals surface area (Å²) in [5.74, 6) is -0.628. The first kappa shape index (κ1) is 26.2. The second-order valence-corrected chi connectivity index (χ2v) is 10.2. The number of aliphatic hydroxyl groups is 1. The Morgan fingerprint density at radius 3 is 2.66 bits per heavy atom. The summed E-state index contributed by atoms with van der Waals surface area (Å²) in [5, 5.41) is 17.1. The zero-order valence-electron chi connectivity index (χ0n) is 21.3. The second kappa shape index (κ2) is 12.0. The number of aliphatic hydroxyl groups excluding tert-OH is 1. The Hall–Kier alpha value is -3.44. The van der Waals surface area contributed by atoms with E-state index in [4.69, 9.17) is 10.1 Å².